The number of rotatable bonds is 4. The molecule has 1 aromatic carbocycles. The van der Waals surface area contributed by atoms with E-state index in [1.165, 1.54) is 0 Å². The molecule has 20 heavy (non-hydrogen) atoms. The Bertz CT molecular complexity index is 632. The average Bonchev–Trinajstić information content (AvgIpc) is 2.81. The van der Waals surface area contributed by atoms with Crippen molar-refractivity contribution in [2.24, 2.45) is 5.73 Å². The van der Waals surface area contributed by atoms with E-state index in [0.717, 1.165) is 18.4 Å². The first-order valence-corrected chi connectivity index (χ1v) is 8.21. The number of hydrogen-bond acceptors (Lipinski definition) is 3. The molecule has 1 saturated carbocycles. The van der Waals surface area contributed by atoms with E-state index in [2.05, 4.69) is 4.72 Å². The Morgan fingerprint density at radius 3 is 2.45 bits per heavy atom. The van der Waals surface area contributed by atoms with Crippen LogP contribution in [0.25, 0.3) is 0 Å². The lowest BCUT2D eigenvalue weighted by molar-refractivity contribution is 0.496. The third kappa shape index (κ3) is 2.71. The monoisotopic (exact) mass is 295 g/mol. The molecule has 0 unspecified atom stereocenters. The Kier molecular flexibility index (Phi) is 3.88. The molecule has 0 spiro atoms. The molecule has 0 aromatic heterocycles. The minimum absolute atomic E-state index is 0.0936. The number of nitrogens with two attached hydrogens (primary N) is 1. The van der Waals surface area contributed by atoms with Gasteiger partial charge in [0.2, 0.25) is 10.0 Å². The second-order valence-corrected chi connectivity index (χ2v) is 7.23. The second-order valence-electron chi connectivity index (χ2n) is 5.58. The largest absolute Gasteiger partial charge is 0.386 e. The summed E-state index contributed by atoms with van der Waals surface area (Å²) in [6.45, 7) is 3.62. The van der Waals surface area contributed by atoms with Crippen molar-refractivity contribution >= 4 is 15.9 Å². The van der Waals surface area contributed by atoms with Gasteiger partial charge in [0.05, 0.1) is 10.4 Å². The third-order valence-corrected chi connectivity index (χ3v) is 5.61. The highest BCUT2D eigenvalue weighted by Gasteiger charge is 2.41. The molecule has 6 heteroatoms. The standard InChI is InChI=1S/C14H21N3O2S/c1-10-5-6-11(2)12(9-10)20(18,19)17-14(13(15)16)7-3-4-8-14/h5-6,9,17H,3-4,7-8H2,1-2H3,(H3,15,16). The Morgan fingerprint density at radius 2 is 1.90 bits per heavy atom. The number of sulfonamides is 1. The number of aryl methyl sites for hydroxylation is 2. The van der Waals surface area contributed by atoms with Crippen LogP contribution >= 0.6 is 0 Å². The molecule has 110 valence electrons. The summed E-state index contributed by atoms with van der Waals surface area (Å²) in [7, 11) is -3.67. The molecule has 2 rings (SSSR count). The van der Waals surface area contributed by atoms with Crippen LogP contribution in [0.2, 0.25) is 0 Å². The average molecular weight is 295 g/mol. The third-order valence-electron chi connectivity index (χ3n) is 3.94. The van der Waals surface area contributed by atoms with Gasteiger partial charge in [-0.05, 0) is 43.9 Å². The summed E-state index contributed by atoms with van der Waals surface area (Å²) >= 11 is 0. The van der Waals surface area contributed by atoms with Gasteiger partial charge in [-0.3, -0.25) is 5.41 Å². The van der Waals surface area contributed by atoms with E-state index in [-0.39, 0.29) is 10.7 Å². The zero-order valence-electron chi connectivity index (χ0n) is 11.9. The lowest BCUT2D eigenvalue weighted by Gasteiger charge is -2.28. The molecule has 4 N–H and O–H groups in total. The Labute approximate surface area is 120 Å². The van der Waals surface area contributed by atoms with Crippen molar-refractivity contribution in [3.8, 4) is 0 Å². The van der Waals surface area contributed by atoms with Gasteiger partial charge in [-0.2, -0.15) is 4.72 Å². The van der Waals surface area contributed by atoms with E-state index in [9.17, 15) is 8.42 Å². The van der Waals surface area contributed by atoms with Gasteiger partial charge < -0.3 is 5.73 Å². The highest BCUT2D eigenvalue weighted by molar-refractivity contribution is 7.89. The first-order valence-electron chi connectivity index (χ1n) is 6.73. The number of amidine groups is 1. The highest BCUT2D eigenvalue weighted by Crippen LogP contribution is 2.31. The molecule has 1 aromatic rings. The summed E-state index contributed by atoms with van der Waals surface area (Å²) in [6, 6.07) is 5.32. The fraction of sp³-hybridized carbons (Fsp3) is 0.500. The van der Waals surface area contributed by atoms with Gasteiger partial charge >= 0.3 is 0 Å². The number of benzene rings is 1. The lowest BCUT2D eigenvalue weighted by Crippen LogP contribution is -2.55. The van der Waals surface area contributed by atoms with Gasteiger partial charge in [0, 0.05) is 0 Å². The molecule has 0 saturated heterocycles. The summed E-state index contributed by atoms with van der Waals surface area (Å²) < 4.78 is 27.9. The Balaban J connectivity index is 2.40. The molecule has 5 nitrogen and oxygen atoms in total. The van der Waals surface area contributed by atoms with Crippen LogP contribution in [-0.4, -0.2) is 19.8 Å². The van der Waals surface area contributed by atoms with Gasteiger partial charge in [-0.15, -0.1) is 0 Å². The number of hydrogen-bond donors (Lipinski definition) is 3. The SMILES string of the molecule is Cc1ccc(C)c(S(=O)(=O)NC2(C(=N)N)CCCC2)c1. The summed E-state index contributed by atoms with van der Waals surface area (Å²) in [5.41, 5.74) is 6.32. The molecule has 1 aliphatic rings. The summed E-state index contributed by atoms with van der Waals surface area (Å²) in [5.74, 6) is -0.0936. The quantitative estimate of drug-likeness (QED) is 0.584. The molecule has 1 aliphatic carbocycles. The van der Waals surface area contributed by atoms with E-state index in [1.807, 2.05) is 13.0 Å². The first kappa shape index (κ1) is 15.0. The molecular formula is C14H21N3O2S. The smallest absolute Gasteiger partial charge is 0.241 e. The van der Waals surface area contributed by atoms with Crippen LogP contribution in [0, 0.1) is 19.3 Å². The number of nitrogens with one attached hydrogen (secondary N) is 2. The maximum absolute atomic E-state index is 12.6. The summed E-state index contributed by atoms with van der Waals surface area (Å²) in [5, 5.41) is 7.73. The van der Waals surface area contributed by atoms with E-state index in [0.29, 0.717) is 18.4 Å². The van der Waals surface area contributed by atoms with Crippen LogP contribution < -0.4 is 10.5 Å². The van der Waals surface area contributed by atoms with E-state index in [4.69, 9.17) is 11.1 Å². The Morgan fingerprint density at radius 1 is 1.30 bits per heavy atom. The molecule has 1 fully saturated rings. The van der Waals surface area contributed by atoms with Crippen molar-refractivity contribution in [1.29, 1.82) is 5.41 Å². The van der Waals surface area contributed by atoms with Gasteiger partial charge in [0.15, 0.2) is 0 Å². The van der Waals surface area contributed by atoms with Gasteiger partial charge in [0.25, 0.3) is 0 Å². The molecule has 0 atom stereocenters. The highest BCUT2D eigenvalue weighted by atomic mass is 32.2. The van der Waals surface area contributed by atoms with Crippen LogP contribution in [0.5, 0.6) is 0 Å². The van der Waals surface area contributed by atoms with Gasteiger partial charge in [0.1, 0.15) is 5.84 Å². The molecule has 0 aliphatic heterocycles. The van der Waals surface area contributed by atoms with Crippen LogP contribution in [0.4, 0.5) is 0 Å². The van der Waals surface area contributed by atoms with Crippen LogP contribution in [0.15, 0.2) is 23.1 Å². The van der Waals surface area contributed by atoms with Crippen molar-refractivity contribution < 1.29 is 8.42 Å². The zero-order chi connectivity index (χ0) is 15.0. The fourth-order valence-corrected chi connectivity index (χ4v) is 4.49. The molecule has 0 heterocycles. The topological polar surface area (TPSA) is 96.0 Å². The van der Waals surface area contributed by atoms with Gasteiger partial charge in [-0.1, -0.05) is 25.0 Å². The van der Waals surface area contributed by atoms with Crippen molar-refractivity contribution in [1.82, 2.24) is 4.72 Å². The van der Waals surface area contributed by atoms with E-state index in [1.54, 1.807) is 19.1 Å². The molecule has 0 amide bonds. The maximum Gasteiger partial charge on any atom is 0.241 e. The maximum atomic E-state index is 12.6. The molecular weight excluding hydrogens is 274 g/mol. The fourth-order valence-electron chi connectivity index (χ4n) is 2.71. The van der Waals surface area contributed by atoms with Crippen molar-refractivity contribution in [3.05, 3.63) is 29.3 Å². The predicted octanol–water partition coefficient (Wildman–Crippen LogP) is 1.83. The molecule has 0 bridgehead atoms. The van der Waals surface area contributed by atoms with Crippen molar-refractivity contribution in [2.75, 3.05) is 0 Å². The normalized spacial score (nSPS) is 18.1. The van der Waals surface area contributed by atoms with Crippen LogP contribution in [0.1, 0.15) is 36.8 Å². The lowest BCUT2D eigenvalue weighted by atomic mass is 9.98. The second kappa shape index (κ2) is 5.18. The predicted molar refractivity (Wildman–Crippen MR) is 79.4 cm³/mol. The van der Waals surface area contributed by atoms with E-state index >= 15 is 0 Å². The zero-order valence-corrected chi connectivity index (χ0v) is 12.7. The summed E-state index contributed by atoms with van der Waals surface area (Å²) in [4.78, 5) is 0.269. The minimum atomic E-state index is -3.67. The molecule has 0 radical (unpaired) electrons. The first-order chi connectivity index (χ1) is 9.27. The van der Waals surface area contributed by atoms with Crippen LogP contribution in [-0.2, 0) is 10.0 Å². The van der Waals surface area contributed by atoms with Gasteiger partial charge in [-0.25, -0.2) is 8.42 Å². The van der Waals surface area contributed by atoms with Crippen LogP contribution in [0.3, 0.4) is 0 Å². The van der Waals surface area contributed by atoms with E-state index < -0.39 is 15.6 Å². The minimum Gasteiger partial charge on any atom is -0.386 e. The Hall–Kier alpha value is -1.40. The van der Waals surface area contributed by atoms with Crippen molar-refractivity contribution in [2.45, 2.75) is 50.0 Å². The van der Waals surface area contributed by atoms with Crippen molar-refractivity contribution in [3.63, 3.8) is 0 Å². The summed E-state index contributed by atoms with van der Waals surface area (Å²) in [6.07, 6.45) is 2.95.